The third-order valence-electron chi connectivity index (χ3n) is 5.03. The van der Waals surface area contributed by atoms with Crippen molar-refractivity contribution in [2.75, 3.05) is 31.1 Å². The SMILES string of the molecule is C=N/C=C\C(=C/C)c1nc(N2CCN(C(=O)OC(C)C)CC2)ncc1-c1ccc(Cl)cc1. The molecule has 2 aromatic rings. The second-order valence-electron chi connectivity index (χ2n) is 7.59. The van der Waals surface area contributed by atoms with Crippen LogP contribution in [0.15, 0.2) is 53.8 Å². The number of carbonyl (C=O) groups excluding carboxylic acids is 1. The largest absolute Gasteiger partial charge is 0.447 e. The number of halogens is 1. The van der Waals surface area contributed by atoms with E-state index in [-0.39, 0.29) is 12.2 Å². The van der Waals surface area contributed by atoms with Gasteiger partial charge in [0.2, 0.25) is 5.95 Å². The smallest absolute Gasteiger partial charge is 0.410 e. The Morgan fingerprint density at radius 3 is 2.50 bits per heavy atom. The molecule has 0 saturated carbocycles. The van der Waals surface area contributed by atoms with Crippen LogP contribution in [-0.2, 0) is 4.74 Å². The fraction of sp³-hybridized carbons (Fsp3) is 0.333. The topological polar surface area (TPSA) is 70.9 Å². The molecule has 2 heterocycles. The normalized spacial score (nSPS) is 14.8. The Balaban J connectivity index is 1.89. The average Bonchev–Trinajstić information content (AvgIpc) is 2.80. The Labute approximate surface area is 194 Å². The molecule has 8 heteroatoms. The Morgan fingerprint density at radius 1 is 1.22 bits per heavy atom. The first-order valence-electron chi connectivity index (χ1n) is 10.6. The van der Waals surface area contributed by atoms with Crippen molar-refractivity contribution in [1.82, 2.24) is 14.9 Å². The molecule has 1 saturated heterocycles. The first kappa shape index (κ1) is 23.5. The third kappa shape index (κ3) is 5.73. The minimum absolute atomic E-state index is 0.135. The predicted octanol–water partition coefficient (Wildman–Crippen LogP) is 5.08. The summed E-state index contributed by atoms with van der Waals surface area (Å²) in [6.07, 6.45) is 6.91. The van der Waals surface area contributed by atoms with Gasteiger partial charge in [-0.05, 0) is 56.8 Å². The summed E-state index contributed by atoms with van der Waals surface area (Å²) in [6.45, 7) is 11.5. The molecule has 0 atom stereocenters. The molecule has 1 aliphatic rings. The van der Waals surface area contributed by atoms with Gasteiger partial charge in [0.1, 0.15) is 0 Å². The number of aromatic nitrogens is 2. The molecule has 0 spiro atoms. The lowest BCUT2D eigenvalue weighted by Crippen LogP contribution is -2.49. The molecule has 0 unspecified atom stereocenters. The van der Waals surface area contributed by atoms with Gasteiger partial charge in [-0.2, -0.15) is 0 Å². The Kier molecular flexibility index (Phi) is 8.00. The predicted molar refractivity (Wildman–Crippen MR) is 130 cm³/mol. The van der Waals surface area contributed by atoms with Crippen LogP contribution in [-0.4, -0.2) is 60.0 Å². The van der Waals surface area contributed by atoms with Crippen molar-refractivity contribution >= 4 is 35.9 Å². The number of carbonyl (C=O) groups is 1. The van der Waals surface area contributed by atoms with Crippen LogP contribution in [0.4, 0.5) is 10.7 Å². The van der Waals surface area contributed by atoms with Crippen LogP contribution in [0.2, 0.25) is 5.02 Å². The van der Waals surface area contributed by atoms with E-state index in [1.165, 1.54) is 0 Å². The van der Waals surface area contributed by atoms with Crippen molar-refractivity contribution in [3.63, 3.8) is 0 Å². The van der Waals surface area contributed by atoms with Gasteiger partial charge >= 0.3 is 6.09 Å². The van der Waals surface area contributed by atoms with Gasteiger partial charge in [-0.15, -0.1) is 0 Å². The van der Waals surface area contributed by atoms with Crippen LogP contribution >= 0.6 is 11.6 Å². The number of hydrogen-bond acceptors (Lipinski definition) is 6. The number of hydrogen-bond donors (Lipinski definition) is 0. The van der Waals surface area contributed by atoms with E-state index in [9.17, 15) is 4.79 Å². The summed E-state index contributed by atoms with van der Waals surface area (Å²) in [6, 6.07) is 7.60. The second-order valence-corrected chi connectivity index (χ2v) is 8.02. The van der Waals surface area contributed by atoms with Gasteiger partial charge in [0, 0.05) is 49.2 Å². The summed E-state index contributed by atoms with van der Waals surface area (Å²) in [5.41, 5.74) is 3.56. The molecular formula is C24H28ClN5O2. The molecule has 32 heavy (non-hydrogen) atoms. The number of rotatable bonds is 6. The molecule has 1 fully saturated rings. The molecule has 7 nitrogen and oxygen atoms in total. The number of nitrogens with zero attached hydrogens (tertiary/aromatic N) is 5. The molecule has 1 aromatic carbocycles. The maximum Gasteiger partial charge on any atom is 0.410 e. The highest BCUT2D eigenvalue weighted by Crippen LogP contribution is 2.30. The van der Waals surface area contributed by atoms with Gasteiger partial charge in [0.15, 0.2) is 0 Å². The van der Waals surface area contributed by atoms with Gasteiger partial charge in [0.05, 0.1) is 11.8 Å². The minimum Gasteiger partial charge on any atom is -0.447 e. The summed E-state index contributed by atoms with van der Waals surface area (Å²) < 4.78 is 5.31. The van der Waals surface area contributed by atoms with Gasteiger partial charge in [-0.3, -0.25) is 4.99 Å². The summed E-state index contributed by atoms with van der Waals surface area (Å²) in [5.74, 6) is 0.619. The zero-order chi connectivity index (χ0) is 23.1. The van der Waals surface area contributed by atoms with Crippen LogP contribution in [0.1, 0.15) is 26.5 Å². The number of aliphatic imine (C=N–C) groups is 1. The summed E-state index contributed by atoms with van der Waals surface area (Å²) in [7, 11) is 0. The summed E-state index contributed by atoms with van der Waals surface area (Å²) in [4.78, 5) is 29.3. The summed E-state index contributed by atoms with van der Waals surface area (Å²) in [5, 5.41) is 0.670. The van der Waals surface area contributed by atoms with E-state index in [0.29, 0.717) is 37.1 Å². The van der Waals surface area contributed by atoms with Crippen molar-refractivity contribution in [1.29, 1.82) is 0 Å². The van der Waals surface area contributed by atoms with Crippen molar-refractivity contribution in [2.45, 2.75) is 26.9 Å². The molecule has 0 aliphatic carbocycles. The van der Waals surface area contributed by atoms with Crippen molar-refractivity contribution in [3.8, 4) is 11.1 Å². The fourth-order valence-corrected chi connectivity index (χ4v) is 3.52. The van der Waals surface area contributed by atoms with E-state index in [0.717, 1.165) is 22.4 Å². The minimum atomic E-state index is -0.280. The van der Waals surface area contributed by atoms with Gasteiger partial charge in [-0.1, -0.05) is 29.8 Å². The van der Waals surface area contributed by atoms with Crippen LogP contribution in [0.5, 0.6) is 0 Å². The van der Waals surface area contributed by atoms with E-state index in [2.05, 4.69) is 21.6 Å². The lowest BCUT2D eigenvalue weighted by Gasteiger charge is -2.34. The molecule has 3 rings (SSSR count). The van der Waals surface area contributed by atoms with Crippen molar-refractivity contribution in [3.05, 3.63) is 59.5 Å². The molecule has 1 aliphatic heterocycles. The number of allylic oxidation sites excluding steroid dienone is 3. The highest BCUT2D eigenvalue weighted by Gasteiger charge is 2.25. The summed E-state index contributed by atoms with van der Waals surface area (Å²) >= 11 is 6.07. The zero-order valence-electron chi connectivity index (χ0n) is 18.7. The van der Waals surface area contributed by atoms with E-state index >= 15 is 0 Å². The van der Waals surface area contributed by atoms with E-state index < -0.39 is 0 Å². The average molecular weight is 454 g/mol. The quantitative estimate of drug-likeness (QED) is 0.450. The maximum atomic E-state index is 12.2. The van der Waals surface area contributed by atoms with Gasteiger partial charge in [-0.25, -0.2) is 14.8 Å². The fourth-order valence-electron chi connectivity index (χ4n) is 3.40. The van der Waals surface area contributed by atoms with E-state index in [1.54, 1.807) is 11.1 Å². The molecule has 0 N–H and O–H groups in total. The number of ether oxygens (including phenoxy) is 1. The molecule has 1 amide bonds. The zero-order valence-corrected chi connectivity index (χ0v) is 19.4. The number of benzene rings is 1. The van der Waals surface area contributed by atoms with Crippen molar-refractivity contribution < 1.29 is 9.53 Å². The lowest BCUT2D eigenvalue weighted by molar-refractivity contribution is 0.0750. The molecule has 1 aromatic heterocycles. The molecule has 168 valence electrons. The van der Waals surface area contributed by atoms with E-state index in [4.69, 9.17) is 21.3 Å². The van der Waals surface area contributed by atoms with Crippen LogP contribution in [0.25, 0.3) is 16.7 Å². The van der Waals surface area contributed by atoms with Gasteiger partial charge in [0.25, 0.3) is 0 Å². The Hall–Kier alpha value is -3.19. The van der Waals surface area contributed by atoms with Gasteiger partial charge < -0.3 is 14.5 Å². The number of piperazine rings is 1. The lowest BCUT2D eigenvalue weighted by atomic mass is 10.0. The van der Waals surface area contributed by atoms with Crippen LogP contribution in [0, 0.1) is 0 Å². The maximum absolute atomic E-state index is 12.2. The first-order chi connectivity index (χ1) is 15.4. The second kappa shape index (κ2) is 10.9. The number of anilines is 1. The monoisotopic (exact) mass is 453 g/mol. The molecule has 0 bridgehead atoms. The number of amides is 1. The van der Waals surface area contributed by atoms with Crippen LogP contribution in [0.3, 0.4) is 0 Å². The highest BCUT2D eigenvalue weighted by atomic mass is 35.5. The van der Waals surface area contributed by atoms with Crippen LogP contribution < -0.4 is 4.90 Å². The highest BCUT2D eigenvalue weighted by molar-refractivity contribution is 6.30. The Morgan fingerprint density at radius 2 is 1.91 bits per heavy atom. The van der Waals surface area contributed by atoms with Crippen molar-refractivity contribution in [2.24, 2.45) is 4.99 Å². The Bertz CT molecular complexity index is 1010. The third-order valence-corrected chi connectivity index (χ3v) is 5.28. The molecular weight excluding hydrogens is 426 g/mol. The first-order valence-corrected chi connectivity index (χ1v) is 10.9. The standard InChI is InChI=1S/C24H28ClN5O2/c1-5-18(10-11-26-4)22-21(19-6-8-20(25)9-7-19)16-27-23(28-22)29-12-14-30(15-13-29)24(31)32-17(2)3/h5-11,16-17H,4,12-15H2,1-3H3/b11-10-,18-5+. The molecule has 0 radical (unpaired) electrons. The van der Waals surface area contributed by atoms with E-state index in [1.807, 2.05) is 63.4 Å².